The van der Waals surface area contributed by atoms with Crippen LogP contribution in [0, 0.1) is 0 Å². The van der Waals surface area contributed by atoms with Crippen LogP contribution in [0.15, 0.2) is 9.72 Å². The van der Waals surface area contributed by atoms with E-state index in [0.29, 0.717) is 0 Å². The molecule has 1 saturated heterocycles. The summed E-state index contributed by atoms with van der Waals surface area (Å²) in [7, 11) is -3.83. The topological polar surface area (TPSA) is 99.6 Å². The number of aromatic nitrogens is 1. The second kappa shape index (κ2) is 6.82. The molecule has 0 amide bonds. The first-order valence-corrected chi connectivity index (χ1v) is 9.18. The molecule has 0 saturated carbocycles. The Kier molecular flexibility index (Phi) is 5.31. The largest absolute Gasteiger partial charge is 0.476 e. The van der Waals surface area contributed by atoms with Gasteiger partial charge in [-0.25, -0.2) is 22.9 Å². The number of nitrogens with one attached hydrogen (secondary N) is 1. The zero-order valence-electron chi connectivity index (χ0n) is 11.8. The molecule has 1 aromatic rings. The molecule has 0 aliphatic carbocycles. The Morgan fingerprint density at radius 1 is 1.48 bits per heavy atom. The van der Waals surface area contributed by atoms with Gasteiger partial charge in [0.2, 0.25) is 0 Å². The molecule has 9 heteroatoms. The highest BCUT2D eigenvalue weighted by Crippen LogP contribution is 2.20. The van der Waals surface area contributed by atoms with Crippen molar-refractivity contribution < 1.29 is 18.3 Å². The molecule has 2 N–H and O–H groups in total. The number of piperidine rings is 1. The van der Waals surface area contributed by atoms with Crippen LogP contribution in [0.5, 0.6) is 0 Å². The lowest BCUT2D eigenvalue weighted by Crippen LogP contribution is -2.44. The van der Waals surface area contributed by atoms with E-state index in [0.717, 1.165) is 37.3 Å². The van der Waals surface area contributed by atoms with E-state index in [4.69, 9.17) is 5.11 Å². The van der Waals surface area contributed by atoms with Crippen molar-refractivity contribution in [3.05, 3.63) is 11.2 Å². The van der Waals surface area contributed by atoms with Crippen LogP contribution in [0.2, 0.25) is 0 Å². The number of carbonyl (C=O) groups is 1. The van der Waals surface area contributed by atoms with E-state index < -0.39 is 21.7 Å². The average Bonchev–Trinajstić information content (AvgIpc) is 2.96. The van der Waals surface area contributed by atoms with Crippen molar-refractivity contribution in [3.63, 3.8) is 0 Å². The summed E-state index contributed by atoms with van der Waals surface area (Å²) in [4.78, 5) is 16.8. The van der Waals surface area contributed by atoms with Gasteiger partial charge in [-0.1, -0.05) is 6.42 Å². The first kappa shape index (κ1) is 16.3. The number of hydrogen-bond donors (Lipinski definition) is 2. The van der Waals surface area contributed by atoms with Gasteiger partial charge in [-0.3, -0.25) is 4.90 Å². The maximum atomic E-state index is 12.2. The smallest absolute Gasteiger partial charge is 0.356 e. The fourth-order valence-electron chi connectivity index (χ4n) is 2.35. The lowest BCUT2D eigenvalue weighted by atomic mass is 10.1. The summed E-state index contributed by atoms with van der Waals surface area (Å²) in [6.07, 6.45) is 3.49. The molecular weight excluding hydrogens is 314 g/mol. The van der Waals surface area contributed by atoms with Crippen LogP contribution >= 0.6 is 11.3 Å². The maximum absolute atomic E-state index is 12.2. The zero-order chi connectivity index (χ0) is 15.5. The molecule has 1 aromatic heterocycles. The van der Waals surface area contributed by atoms with Crippen LogP contribution in [0.3, 0.4) is 0 Å². The van der Waals surface area contributed by atoms with Gasteiger partial charge in [0.05, 0.1) is 5.51 Å². The van der Waals surface area contributed by atoms with Gasteiger partial charge in [0.1, 0.15) is 0 Å². The monoisotopic (exact) mass is 333 g/mol. The minimum Gasteiger partial charge on any atom is -0.476 e. The van der Waals surface area contributed by atoms with Crippen molar-refractivity contribution in [2.24, 2.45) is 0 Å². The number of likely N-dealkylation sites (tertiary alicyclic amines) is 1. The van der Waals surface area contributed by atoms with Crippen molar-refractivity contribution in [2.75, 3.05) is 19.6 Å². The van der Waals surface area contributed by atoms with E-state index in [-0.39, 0.29) is 16.8 Å². The fourth-order valence-corrected chi connectivity index (χ4v) is 4.66. The minimum atomic E-state index is -3.83. The lowest BCUT2D eigenvalue weighted by Gasteiger charge is -2.32. The Labute approximate surface area is 128 Å². The molecular formula is C12H19N3O4S2. The number of aromatic carboxylic acids is 1. The van der Waals surface area contributed by atoms with E-state index in [2.05, 4.69) is 14.6 Å². The maximum Gasteiger partial charge on any atom is 0.356 e. The molecule has 2 rings (SSSR count). The van der Waals surface area contributed by atoms with E-state index in [1.165, 1.54) is 11.9 Å². The Hall–Kier alpha value is -1.03. The molecule has 0 spiro atoms. The summed E-state index contributed by atoms with van der Waals surface area (Å²) >= 11 is 0.816. The van der Waals surface area contributed by atoms with Gasteiger partial charge in [-0.05, 0) is 32.9 Å². The van der Waals surface area contributed by atoms with Crippen molar-refractivity contribution in [2.45, 2.75) is 36.4 Å². The van der Waals surface area contributed by atoms with E-state index in [9.17, 15) is 13.2 Å². The van der Waals surface area contributed by atoms with E-state index in [1.54, 1.807) is 0 Å². The fraction of sp³-hybridized carbons (Fsp3) is 0.667. The lowest BCUT2D eigenvalue weighted by molar-refractivity contribution is 0.0687. The van der Waals surface area contributed by atoms with E-state index >= 15 is 0 Å². The first-order chi connectivity index (χ1) is 9.92. The van der Waals surface area contributed by atoms with Crippen LogP contribution in [0.1, 0.15) is 36.7 Å². The second-order valence-corrected chi connectivity index (χ2v) is 7.91. The number of carboxylic acid groups (broad SMARTS) is 1. The van der Waals surface area contributed by atoms with Gasteiger partial charge in [-0.2, -0.15) is 0 Å². The molecule has 1 unspecified atom stereocenters. The normalized spacial score (nSPS) is 18.5. The summed E-state index contributed by atoms with van der Waals surface area (Å²) in [6, 6.07) is 0.0845. The number of hydrogen-bond acceptors (Lipinski definition) is 6. The van der Waals surface area contributed by atoms with Crippen LogP contribution in [0.25, 0.3) is 0 Å². The highest BCUT2D eigenvalue weighted by molar-refractivity contribution is 7.91. The number of sulfonamides is 1. The van der Waals surface area contributed by atoms with Gasteiger partial charge < -0.3 is 5.11 Å². The highest BCUT2D eigenvalue weighted by atomic mass is 32.2. The zero-order valence-corrected chi connectivity index (χ0v) is 13.4. The van der Waals surface area contributed by atoms with Gasteiger partial charge in [0.15, 0.2) is 9.90 Å². The Morgan fingerprint density at radius 3 is 2.76 bits per heavy atom. The second-order valence-electron chi connectivity index (χ2n) is 5.09. The van der Waals surface area contributed by atoms with Crippen molar-refractivity contribution >= 4 is 27.3 Å². The SMILES string of the molecule is CC(CNS(=O)(=O)c1scnc1C(=O)O)N1CCCCC1. The summed E-state index contributed by atoms with van der Waals surface area (Å²) in [5.74, 6) is -1.33. The van der Waals surface area contributed by atoms with Gasteiger partial charge in [-0.15, -0.1) is 11.3 Å². The molecule has 21 heavy (non-hydrogen) atoms. The molecule has 2 heterocycles. The Balaban J connectivity index is 2.00. The molecule has 1 aliphatic heterocycles. The summed E-state index contributed by atoms with van der Waals surface area (Å²) in [6.45, 7) is 4.19. The Bertz CT molecular complexity index is 593. The third-order valence-corrected chi connectivity index (χ3v) is 6.36. The van der Waals surface area contributed by atoms with Crippen molar-refractivity contribution in [1.82, 2.24) is 14.6 Å². The molecule has 1 aliphatic rings. The summed E-state index contributed by atoms with van der Waals surface area (Å²) in [5.41, 5.74) is 0.810. The number of carboxylic acids is 1. The summed E-state index contributed by atoms with van der Waals surface area (Å²) < 4.78 is 26.6. The molecule has 1 fully saturated rings. The predicted molar refractivity (Wildman–Crippen MR) is 79.1 cm³/mol. The molecule has 7 nitrogen and oxygen atoms in total. The first-order valence-electron chi connectivity index (χ1n) is 6.82. The van der Waals surface area contributed by atoms with Crippen molar-refractivity contribution in [3.8, 4) is 0 Å². The molecule has 0 aromatic carbocycles. The van der Waals surface area contributed by atoms with Gasteiger partial charge in [0, 0.05) is 12.6 Å². The van der Waals surface area contributed by atoms with E-state index in [1.807, 2.05) is 6.92 Å². The molecule has 0 radical (unpaired) electrons. The third kappa shape index (κ3) is 4.00. The van der Waals surface area contributed by atoms with Crippen LogP contribution in [-0.2, 0) is 10.0 Å². The minimum absolute atomic E-state index is 0.0845. The quantitative estimate of drug-likeness (QED) is 0.805. The molecule has 1 atom stereocenters. The van der Waals surface area contributed by atoms with Gasteiger partial charge in [0.25, 0.3) is 10.0 Å². The standard InChI is InChI=1S/C12H19N3O4S2/c1-9(15-5-3-2-4-6-15)7-14-21(18,19)12-10(11(16)17)13-8-20-12/h8-9,14H,2-7H2,1H3,(H,16,17). The Morgan fingerprint density at radius 2 is 2.14 bits per heavy atom. The number of thiazole rings is 1. The van der Waals surface area contributed by atoms with Crippen molar-refractivity contribution in [1.29, 1.82) is 0 Å². The molecule has 0 bridgehead atoms. The highest BCUT2D eigenvalue weighted by Gasteiger charge is 2.26. The predicted octanol–water partition coefficient (Wildman–Crippen LogP) is 0.994. The number of rotatable bonds is 6. The molecule has 118 valence electrons. The average molecular weight is 333 g/mol. The summed E-state index contributed by atoms with van der Waals surface area (Å²) in [5, 5.41) is 8.94. The third-order valence-electron chi connectivity index (χ3n) is 3.56. The van der Waals surface area contributed by atoms with Crippen LogP contribution in [0.4, 0.5) is 0 Å². The number of nitrogens with zero attached hydrogens (tertiary/aromatic N) is 2. The van der Waals surface area contributed by atoms with Crippen LogP contribution < -0.4 is 4.72 Å². The van der Waals surface area contributed by atoms with Crippen LogP contribution in [-0.4, -0.2) is 55.1 Å². The van der Waals surface area contributed by atoms with Gasteiger partial charge >= 0.3 is 5.97 Å².